The molecule has 0 fully saturated rings. The van der Waals surface area contributed by atoms with E-state index < -0.39 is 0 Å². The van der Waals surface area contributed by atoms with Gasteiger partial charge in [-0.15, -0.1) is 0 Å². The molecule has 0 radical (unpaired) electrons. The molecule has 0 spiro atoms. The summed E-state index contributed by atoms with van der Waals surface area (Å²) in [6.45, 7) is 0. The summed E-state index contributed by atoms with van der Waals surface area (Å²) in [4.78, 5) is 27.0. The van der Waals surface area contributed by atoms with Crippen LogP contribution < -0.4 is 11.5 Å². The van der Waals surface area contributed by atoms with Crippen LogP contribution in [-0.2, 0) is 0 Å². The highest BCUT2D eigenvalue weighted by atomic mass is 16.1. The maximum Gasteiger partial charge on any atom is 0.211 e. The molecule has 4 N–H and O–H groups in total. The predicted molar refractivity (Wildman–Crippen MR) is 126 cm³/mol. The van der Waals surface area contributed by atoms with E-state index in [0.717, 1.165) is 11.0 Å². The fourth-order valence-electron chi connectivity index (χ4n) is 4.61. The second-order valence-electron chi connectivity index (χ2n) is 7.77. The van der Waals surface area contributed by atoms with Crippen LogP contribution in [0.4, 0.5) is 11.4 Å². The van der Waals surface area contributed by atoms with Gasteiger partial charge in [-0.3, -0.25) is 18.4 Å². The fourth-order valence-corrected chi connectivity index (χ4v) is 4.61. The number of imidazole rings is 1. The molecule has 0 saturated carbocycles. The summed E-state index contributed by atoms with van der Waals surface area (Å²) >= 11 is 0. The van der Waals surface area contributed by atoms with E-state index in [0.29, 0.717) is 33.5 Å². The number of anilines is 2. The summed E-state index contributed by atoms with van der Waals surface area (Å²) < 4.78 is 3.65. The number of nitrogen functional groups attached to an aromatic ring is 2. The van der Waals surface area contributed by atoms with E-state index >= 15 is 0 Å². The number of aromatic nitrogens is 2. The Kier molecular flexibility index (Phi) is 3.67. The van der Waals surface area contributed by atoms with Crippen molar-refractivity contribution in [3.63, 3.8) is 0 Å². The lowest BCUT2D eigenvalue weighted by molar-refractivity contribution is 0.102. The zero-order valence-electron chi connectivity index (χ0n) is 16.9. The first-order chi connectivity index (χ1) is 15.6. The van der Waals surface area contributed by atoms with Crippen molar-refractivity contribution in [1.29, 1.82) is 0 Å². The second kappa shape index (κ2) is 6.46. The van der Waals surface area contributed by atoms with Crippen molar-refractivity contribution in [2.24, 2.45) is 0 Å². The van der Waals surface area contributed by atoms with Gasteiger partial charge in [0.1, 0.15) is 17.0 Å². The second-order valence-corrected chi connectivity index (χ2v) is 7.77. The van der Waals surface area contributed by atoms with E-state index in [2.05, 4.69) is 0 Å². The summed E-state index contributed by atoms with van der Waals surface area (Å²) in [6.07, 6.45) is 0. The third-order valence-electron chi connectivity index (χ3n) is 6.01. The highest BCUT2D eigenvalue weighted by Gasteiger charge is 2.32. The molecule has 6 heteroatoms. The van der Waals surface area contributed by atoms with Gasteiger partial charge >= 0.3 is 0 Å². The Balaban J connectivity index is 1.74. The van der Waals surface area contributed by atoms with Crippen molar-refractivity contribution in [3.05, 3.63) is 107 Å². The monoisotopic (exact) mass is 418 g/mol. The third kappa shape index (κ3) is 2.23. The minimum Gasteiger partial charge on any atom is -0.396 e. The van der Waals surface area contributed by atoms with Crippen molar-refractivity contribution >= 4 is 45.0 Å². The smallest absolute Gasteiger partial charge is 0.211 e. The Bertz CT molecular complexity index is 1540. The highest BCUT2D eigenvalue weighted by Crippen LogP contribution is 2.42. The van der Waals surface area contributed by atoms with Crippen LogP contribution in [0.2, 0.25) is 0 Å². The topological polar surface area (TPSA) is 95.0 Å². The lowest BCUT2D eigenvalue weighted by Crippen LogP contribution is -2.09. The number of benzene rings is 3. The number of nitrogens with zero attached hydrogens (tertiary/aromatic N) is 2. The van der Waals surface area contributed by atoms with Crippen molar-refractivity contribution in [2.45, 2.75) is 0 Å². The van der Waals surface area contributed by atoms with Crippen LogP contribution in [0, 0.1) is 0 Å². The van der Waals surface area contributed by atoms with E-state index in [-0.39, 0.29) is 22.9 Å². The van der Waals surface area contributed by atoms with Crippen LogP contribution in [0.25, 0.3) is 22.1 Å². The molecule has 0 amide bonds. The minimum atomic E-state index is -0.196. The van der Waals surface area contributed by atoms with Gasteiger partial charge in [-0.2, -0.15) is 0 Å². The van der Waals surface area contributed by atoms with Crippen LogP contribution in [0.1, 0.15) is 32.1 Å². The molecule has 0 atom stereocenters. The molecule has 154 valence electrons. The van der Waals surface area contributed by atoms with Gasteiger partial charge in [-0.05, 0) is 12.1 Å². The van der Waals surface area contributed by atoms with Crippen molar-refractivity contribution in [1.82, 2.24) is 8.80 Å². The average Bonchev–Trinajstić information content (AvgIpc) is 3.43. The quantitative estimate of drug-likeness (QED) is 0.415. The molecule has 0 aliphatic heterocycles. The molecule has 6 aromatic rings. The van der Waals surface area contributed by atoms with Gasteiger partial charge in [0.25, 0.3) is 0 Å². The van der Waals surface area contributed by atoms with Crippen LogP contribution in [-0.4, -0.2) is 20.4 Å². The summed E-state index contributed by atoms with van der Waals surface area (Å²) in [7, 11) is 0. The Morgan fingerprint density at radius 3 is 1.34 bits per heavy atom. The SMILES string of the molecule is Nc1c(C(=O)c2ccccc2)n2c3ccccc3n3c(C(=O)c4ccccc4)c(N)c1c23. The summed E-state index contributed by atoms with van der Waals surface area (Å²) in [5.41, 5.74) is 17.6. The molecule has 3 aromatic heterocycles. The maximum atomic E-state index is 13.5. The number of fused-ring (bicyclic) bond motifs is 3. The summed E-state index contributed by atoms with van der Waals surface area (Å²) in [5.74, 6) is -0.393. The number of hydrogen-bond acceptors (Lipinski definition) is 4. The minimum absolute atomic E-state index is 0.196. The van der Waals surface area contributed by atoms with Crippen LogP contribution >= 0.6 is 0 Å². The lowest BCUT2D eigenvalue weighted by Gasteiger charge is -2.04. The first-order valence-electron chi connectivity index (χ1n) is 10.2. The molecule has 0 aliphatic rings. The number of ketones is 2. The number of nitrogens with two attached hydrogens (primary N) is 2. The summed E-state index contributed by atoms with van der Waals surface area (Å²) in [6, 6.07) is 25.6. The van der Waals surface area contributed by atoms with E-state index in [1.54, 1.807) is 24.3 Å². The van der Waals surface area contributed by atoms with Crippen molar-refractivity contribution < 1.29 is 9.59 Å². The molecule has 0 unspecified atom stereocenters. The Labute approximate surface area is 182 Å². The number of para-hydroxylation sites is 2. The highest BCUT2D eigenvalue weighted by molar-refractivity contribution is 6.24. The van der Waals surface area contributed by atoms with Gasteiger partial charge in [0.15, 0.2) is 0 Å². The van der Waals surface area contributed by atoms with Gasteiger partial charge in [-0.1, -0.05) is 72.8 Å². The van der Waals surface area contributed by atoms with Gasteiger partial charge in [0, 0.05) is 11.1 Å². The average molecular weight is 418 g/mol. The van der Waals surface area contributed by atoms with Crippen molar-refractivity contribution in [2.75, 3.05) is 11.5 Å². The van der Waals surface area contributed by atoms with E-state index in [1.807, 2.05) is 69.5 Å². The van der Waals surface area contributed by atoms with E-state index in [4.69, 9.17) is 11.5 Å². The first kappa shape index (κ1) is 18.2. The number of hydrogen-bond donors (Lipinski definition) is 2. The molecule has 6 nitrogen and oxygen atoms in total. The maximum absolute atomic E-state index is 13.5. The molecular weight excluding hydrogens is 400 g/mol. The molecule has 6 rings (SSSR count). The molecule has 3 heterocycles. The van der Waals surface area contributed by atoms with E-state index in [9.17, 15) is 9.59 Å². The zero-order chi connectivity index (χ0) is 22.0. The molecule has 32 heavy (non-hydrogen) atoms. The molecule has 0 aliphatic carbocycles. The molecule has 3 aromatic carbocycles. The van der Waals surface area contributed by atoms with Gasteiger partial charge in [-0.25, -0.2) is 0 Å². The van der Waals surface area contributed by atoms with Gasteiger partial charge in [0.2, 0.25) is 11.6 Å². The van der Waals surface area contributed by atoms with Gasteiger partial charge < -0.3 is 11.5 Å². The fraction of sp³-hybridized carbons (Fsp3) is 0. The number of carbonyl (C=O) groups excluding carboxylic acids is 2. The largest absolute Gasteiger partial charge is 0.396 e. The summed E-state index contributed by atoms with van der Waals surface area (Å²) in [5, 5.41) is 0.528. The Morgan fingerprint density at radius 2 is 0.938 bits per heavy atom. The first-order valence-corrected chi connectivity index (χ1v) is 10.2. The third-order valence-corrected chi connectivity index (χ3v) is 6.01. The lowest BCUT2D eigenvalue weighted by atomic mass is 10.1. The number of rotatable bonds is 4. The molecular formula is C26H18N4O2. The standard InChI is InChI=1S/C26H18N4O2/c27-20-19-21(28)23(25(32)16-11-5-2-6-12-16)30-18-14-8-7-13-17(18)29(26(19)30)22(20)24(31)15-9-3-1-4-10-15/h1-14H,27-28H2. The molecule has 0 saturated heterocycles. The Hall–Kier alpha value is -4.58. The van der Waals surface area contributed by atoms with E-state index in [1.165, 1.54) is 0 Å². The van der Waals surface area contributed by atoms with Crippen molar-refractivity contribution in [3.8, 4) is 0 Å². The number of carbonyl (C=O) groups is 2. The normalized spacial score (nSPS) is 11.6. The predicted octanol–water partition coefficient (Wildman–Crippen LogP) is 4.41. The van der Waals surface area contributed by atoms with Crippen LogP contribution in [0.5, 0.6) is 0 Å². The molecule has 0 bridgehead atoms. The van der Waals surface area contributed by atoms with Crippen LogP contribution in [0.15, 0.2) is 84.9 Å². The zero-order valence-corrected chi connectivity index (χ0v) is 16.9. The Morgan fingerprint density at radius 1 is 0.562 bits per heavy atom. The van der Waals surface area contributed by atoms with Gasteiger partial charge in [0.05, 0.1) is 27.8 Å². The van der Waals surface area contributed by atoms with Crippen LogP contribution in [0.3, 0.4) is 0 Å².